The summed E-state index contributed by atoms with van der Waals surface area (Å²) in [6.45, 7) is 2.05. The van der Waals surface area contributed by atoms with Crippen molar-refractivity contribution in [1.82, 2.24) is 5.32 Å². The van der Waals surface area contributed by atoms with Gasteiger partial charge in [0.2, 0.25) is 0 Å². The predicted octanol–water partition coefficient (Wildman–Crippen LogP) is 5.16. The molecule has 0 radical (unpaired) electrons. The van der Waals surface area contributed by atoms with Crippen LogP contribution >= 0.6 is 31.9 Å². The molecule has 1 nitrogen and oxygen atoms in total. The Balaban J connectivity index is 2.31. The average Bonchev–Trinajstić information content (AvgIpc) is 2.40. The number of hydrogen-bond acceptors (Lipinski definition) is 1. The number of benzene rings is 2. The Morgan fingerprint density at radius 2 is 1.90 bits per heavy atom. The van der Waals surface area contributed by atoms with Crippen LogP contribution in [0.1, 0.15) is 22.7 Å². The second-order valence-corrected chi connectivity index (χ2v) is 6.58. The SMILES string of the molecule is CNC(Cc1cc(Br)ccc1F)c1ccc(C)cc1Br. The zero-order chi connectivity index (χ0) is 14.7. The van der Waals surface area contributed by atoms with Crippen molar-refractivity contribution in [2.24, 2.45) is 0 Å². The van der Waals surface area contributed by atoms with Crippen LogP contribution in [0.2, 0.25) is 0 Å². The van der Waals surface area contributed by atoms with Crippen molar-refractivity contribution < 1.29 is 4.39 Å². The maximum atomic E-state index is 13.9. The molecule has 0 heterocycles. The zero-order valence-corrected chi connectivity index (χ0v) is 14.6. The molecule has 20 heavy (non-hydrogen) atoms. The summed E-state index contributed by atoms with van der Waals surface area (Å²) in [6, 6.07) is 11.3. The molecule has 0 aromatic heterocycles. The first-order chi connectivity index (χ1) is 9.51. The van der Waals surface area contributed by atoms with E-state index in [9.17, 15) is 4.39 Å². The lowest BCUT2D eigenvalue weighted by atomic mass is 9.98. The second-order valence-electron chi connectivity index (χ2n) is 4.81. The highest BCUT2D eigenvalue weighted by Gasteiger charge is 2.15. The summed E-state index contributed by atoms with van der Waals surface area (Å²) >= 11 is 6.98. The fourth-order valence-corrected chi connectivity index (χ4v) is 3.38. The van der Waals surface area contributed by atoms with E-state index in [-0.39, 0.29) is 11.9 Å². The molecule has 1 unspecified atom stereocenters. The van der Waals surface area contributed by atoms with Crippen molar-refractivity contribution >= 4 is 31.9 Å². The minimum absolute atomic E-state index is 0.0637. The lowest BCUT2D eigenvalue weighted by Crippen LogP contribution is -2.20. The minimum atomic E-state index is -0.170. The normalized spacial score (nSPS) is 12.4. The molecule has 0 bridgehead atoms. The van der Waals surface area contributed by atoms with E-state index in [1.165, 1.54) is 11.6 Å². The Morgan fingerprint density at radius 3 is 2.55 bits per heavy atom. The first kappa shape index (κ1) is 15.7. The van der Waals surface area contributed by atoms with Crippen molar-refractivity contribution in [3.8, 4) is 0 Å². The average molecular weight is 401 g/mol. The van der Waals surface area contributed by atoms with Crippen LogP contribution in [0.3, 0.4) is 0 Å². The first-order valence-electron chi connectivity index (χ1n) is 6.38. The smallest absolute Gasteiger partial charge is 0.126 e. The lowest BCUT2D eigenvalue weighted by molar-refractivity contribution is 0.552. The molecule has 106 valence electrons. The Hall–Kier alpha value is -0.710. The number of aryl methyl sites for hydroxylation is 1. The topological polar surface area (TPSA) is 12.0 Å². The first-order valence-corrected chi connectivity index (χ1v) is 7.97. The summed E-state index contributed by atoms with van der Waals surface area (Å²) in [7, 11) is 1.90. The Bertz CT molecular complexity index is 613. The van der Waals surface area contributed by atoms with Gasteiger partial charge in [0.25, 0.3) is 0 Å². The molecule has 2 aromatic rings. The standard InChI is InChI=1S/C16H16Br2FN/c1-10-3-5-13(14(18)7-10)16(20-2)9-11-8-12(17)4-6-15(11)19/h3-8,16,20H,9H2,1-2H3. The molecule has 0 aliphatic rings. The number of rotatable bonds is 4. The van der Waals surface area contributed by atoms with E-state index in [1.54, 1.807) is 6.07 Å². The van der Waals surface area contributed by atoms with Crippen molar-refractivity contribution in [3.05, 3.63) is 67.9 Å². The molecule has 4 heteroatoms. The summed E-state index contributed by atoms with van der Waals surface area (Å²) in [4.78, 5) is 0. The molecule has 0 saturated heterocycles. The number of nitrogens with one attached hydrogen (secondary N) is 1. The molecule has 0 aliphatic carbocycles. The van der Waals surface area contributed by atoms with E-state index in [4.69, 9.17) is 0 Å². The number of likely N-dealkylation sites (N-methyl/N-ethyl adjacent to an activating group) is 1. The van der Waals surface area contributed by atoms with Gasteiger partial charge in [-0.25, -0.2) is 4.39 Å². The highest BCUT2D eigenvalue weighted by Crippen LogP contribution is 2.28. The van der Waals surface area contributed by atoms with E-state index >= 15 is 0 Å². The van der Waals surface area contributed by atoms with E-state index in [0.29, 0.717) is 12.0 Å². The van der Waals surface area contributed by atoms with E-state index in [1.807, 2.05) is 13.1 Å². The van der Waals surface area contributed by atoms with Gasteiger partial charge >= 0.3 is 0 Å². The summed E-state index contributed by atoms with van der Waals surface area (Å²) in [5, 5.41) is 3.26. The molecule has 0 saturated carbocycles. The molecule has 1 N–H and O–H groups in total. The largest absolute Gasteiger partial charge is 0.313 e. The van der Waals surface area contributed by atoms with Gasteiger partial charge in [0.1, 0.15) is 5.82 Å². The van der Waals surface area contributed by atoms with E-state index in [2.05, 4.69) is 62.3 Å². The quantitative estimate of drug-likeness (QED) is 0.747. The maximum absolute atomic E-state index is 13.9. The van der Waals surface area contributed by atoms with Gasteiger partial charge in [-0.2, -0.15) is 0 Å². The zero-order valence-electron chi connectivity index (χ0n) is 11.4. The monoisotopic (exact) mass is 399 g/mol. The number of halogens is 3. The summed E-state index contributed by atoms with van der Waals surface area (Å²) < 4.78 is 15.8. The van der Waals surface area contributed by atoms with Crippen LogP contribution in [0.15, 0.2) is 45.3 Å². The van der Waals surface area contributed by atoms with Gasteiger partial charge in [-0.05, 0) is 61.3 Å². The Morgan fingerprint density at radius 1 is 1.15 bits per heavy atom. The molecule has 2 rings (SSSR count). The van der Waals surface area contributed by atoms with Crippen LogP contribution in [0.25, 0.3) is 0 Å². The molecule has 2 aromatic carbocycles. The van der Waals surface area contributed by atoms with Crippen LogP contribution in [-0.4, -0.2) is 7.05 Å². The van der Waals surface area contributed by atoms with Crippen LogP contribution < -0.4 is 5.32 Å². The van der Waals surface area contributed by atoms with Crippen LogP contribution in [-0.2, 0) is 6.42 Å². The van der Waals surface area contributed by atoms with Crippen LogP contribution in [0, 0.1) is 12.7 Å². The van der Waals surface area contributed by atoms with Crippen LogP contribution in [0.5, 0.6) is 0 Å². The van der Waals surface area contributed by atoms with Crippen molar-refractivity contribution in [2.45, 2.75) is 19.4 Å². The summed E-state index contributed by atoms with van der Waals surface area (Å²) in [5.74, 6) is -0.170. The fraction of sp³-hybridized carbons (Fsp3) is 0.250. The van der Waals surface area contributed by atoms with Gasteiger partial charge in [-0.15, -0.1) is 0 Å². The molecule has 0 fully saturated rings. The van der Waals surface area contributed by atoms with Crippen molar-refractivity contribution in [2.75, 3.05) is 7.05 Å². The van der Waals surface area contributed by atoms with E-state index in [0.717, 1.165) is 14.5 Å². The molecular formula is C16H16Br2FN. The Kier molecular flexibility index (Phi) is 5.35. The van der Waals surface area contributed by atoms with Gasteiger partial charge in [0, 0.05) is 15.0 Å². The molecule has 0 amide bonds. The van der Waals surface area contributed by atoms with Crippen molar-refractivity contribution in [1.29, 1.82) is 0 Å². The van der Waals surface area contributed by atoms with Gasteiger partial charge in [-0.1, -0.05) is 44.0 Å². The predicted molar refractivity (Wildman–Crippen MR) is 88.5 cm³/mol. The molecule has 0 spiro atoms. The third-order valence-corrected chi connectivity index (χ3v) is 4.49. The molecule has 1 atom stereocenters. The van der Waals surface area contributed by atoms with Crippen molar-refractivity contribution in [3.63, 3.8) is 0 Å². The summed E-state index contributed by atoms with van der Waals surface area (Å²) in [5.41, 5.74) is 3.03. The van der Waals surface area contributed by atoms with Crippen LogP contribution in [0.4, 0.5) is 4.39 Å². The van der Waals surface area contributed by atoms with Gasteiger partial charge in [0.15, 0.2) is 0 Å². The minimum Gasteiger partial charge on any atom is -0.313 e. The fourth-order valence-electron chi connectivity index (χ4n) is 2.20. The van der Waals surface area contributed by atoms with E-state index < -0.39 is 0 Å². The van der Waals surface area contributed by atoms with Gasteiger partial charge in [-0.3, -0.25) is 0 Å². The third kappa shape index (κ3) is 3.68. The second kappa shape index (κ2) is 6.83. The highest BCUT2D eigenvalue weighted by molar-refractivity contribution is 9.10. The molecule has 0 aliphatic heterocycles. The Labute approximate surface area is 135 Å². The summed E-state index contributed by atoms with van der Waals surface area (Å²) in [6.07, 6.45) is 0.601. The molecular weight excluding hydrogens is 385 g/mol. The van der Waals surface area contributed by atoms with Gasteiger partial charge in [0.05, 0.1) is 0 Å². The van der Waals surface area contributed by atoms with Gasteiger partial charge < -0.3 is 5.32 Å². The number of hydrogen-bond donors (Lipinski definition) is 1. The third-order valence-electron chi connectivity index (χ3n) is 3.31. The lowest BCUT2D eigenvalue weighted by Gasteiger charge is -2.19. The maximum Gasteiger partial charge on any atom is 0.126 e. The highest BCUT2D eigenvalue weighted by atomic mass is 79.9.